The van der Waals surface area contributed by atoms with E-state index < -0.39 is 5.82 Å². The highest BCUT2D eigenvalue weighted by Crippen LogP contribution is 2.20. The number of nitrogens with zero attached hydrogens (tertiary/aromatic N) is 1. The van der Waals surface area contributed by atoms with Crippen molar-refractivity contribution in [2.75, 3.05) is 10.7 Å². The van der Waals surface area contributed by atoms with Crippen LogP contribution < -0.4 is 16.6 Å². The molecule has 0 fully saturated rings. The predicted molar refractivity (Wildman–Crippen MR) is 74.1 cm³/mol. The van der Waals surface area contributed by atoms with Gasteiger partial charge in [-0.05, 0) is 46.3 Å². The van der Waals surface area contributed by atoms with Gasteiger partial charge in [0.15, 0.2) is 0 Å². The third-order valence-electron chi connectivity index (χ3n) is 2.34. The number of nitrogens with one attached hydrogen (secondary N) is 2. The Morgan fingerprint density at radius 1 is 1.26 bits per heavy atom. The Bertz CT molecular complexity index is 603. The van der Waals surface area contributed by atoms with Crippen molar-refractivity contribution in [2.45, 2.75) is 0 Å². The Balaban J connectivity index is 2.13. The van der Waals surface area contributed by atoms with Crippen LogP contribution in [0.25, 0.3) is 0 Å². The fourth-order valence-corrected chi connectivity index (χ4v) is 1.76. The molecule has 0 unspecified atom stereocenters. The number of amides is 1. The number of hydrogen-bond acceptors (Lipinski definition) is 4. The van der Waals surface area contributed by atoms with Gasteiger partial charge in [-0.3, -0.25) is 10.6 Å². The van der Waals surface area contributed by atoms with Crippen LogP contribution in [0.15, 0.2) is 41.0 Å². The highest BCUT2D eigenvalue weighted by Gasteiger charge is 2.08. The number of nitrogens with two attached hydrogens (primary N) is 1. The lowest BCUT2D eigenvalue weighted by atomic mass is 10.3. The molecule has 1 aromatic carbocycles. The largest absolute Gasteiger partial charge is 0.323 e. The molecule has 0 spiro atoms. The van der Waals surface area contributed by atoms with E-state index in [1.54, 1.807) is 6.07 Å². The van der Waals surface area contributed by atoms with Crippen molar-refractivity contribution in [3.63, 3.8) is 0 Å². The second-order valence-electron chi connectivity index (χ2n) is 3.66. The number of halogens is 2. The summed E-state index contributed by atoms with van der Waals surface area (Å²) in [6.07, 6.45) is 1.44. The first kappa shape index (κ1) is 13.4. The number of carbonyl (C=O) groups excluding carboxylic acids is 1. The van der Waals surface area contributed by atoms with Crippen LogP contribution in [0.4, 0.5) is 15.8 Å². The molecule has 0 radical (unpaired) electrons. The van der Waals surface area contributed by atoms with Crippen LogP contribution in [0.5, 0.6) is 0 Å². The lowest BCUT2D eigenvalue weighted by molar-refractivity contribution is 0.102. The fourth-order valence-electron chi connectivity index (χ4n) is 1.38. The van der Waals surface area contributed by atoms with E-state index in [1.165, 1.54) is 30.5 Å². The molecule has 0 aliphatic heterocycles. The molecule has 5 nitrogen and oxygen atoms in total. The average molecular weight is 325 g/mol. The van der Waals surface area contributed by atoms with Gasteiger partial charge >= 0.3 is 0 Å². The molecule has 0 aliphatic carbocycles. The second-order valence-corrected chi connectivity index (χ2v) is 4.51. The molecule has 2 rings (SSSR count). The number of hydrogen-bond donors (Lipinski definition) is 3. The molecule has 2 aromatic rings. The summed E-state index contributed by atoms with van der Waals surface area (Å²) in [7, 11) is 0. The first-order valence-corrected chi connectivity index (χ1v) is 6.08. The molecule has 0 saturated heterocycles. The molecular weight excluding hydrogens is 315 g/mol. The standard InChI is InChI=1S/C12H10BrFN4O/c13-9-5-7(1-3-10(9)14)17-12(19)11-4-2-8(18-15)6-16-11/h1-6,18H,15H2,(H,17,19). The molecule has 7 heteroatoms. The van der Waals surface area contributed by atoms with Crippen LogP contribution in [0.1, 0.15) is 10.5 Å². The first-order chi connectivity index (χ1) is 9.10. The van der Waals surface area contributed by atoms with Crippen molar-refractivity contribution in [3.05, 3.63) is 52.5 Å². The van der Waals surface area contributed by atoms with Crippen molar-refractivity contribution in [1.82, 2.24) is 4.98 Å². The zero-order chi connectivity index (χ0) is 13.8. The third kappa shape index (κ3) is 3.27. The smallest absolute Gasteiger partial charge is 0.274 e. The molecular formula is C12H10BrFN4O. The van der Waals surface area contributed by atoms with E-state index in [9.17, 15) is 9.18 Å². The molecule has 1 heterocycles. The van der Waals surface area contributed by atoms with Crippen LogP contribution >= 0.6 is 15.9 Å². The van der Waals surface area contributed by atoms with Gasteiger partial charge in [-0.2, -0.15) is 0 Å². The van der Waals surface area contributed by atoms with Crippen molar-refractivity contribution in [1.29, 1.82) is 0 Å². The number of anilines is 2. The quantitative estimate of drug-likeness (QED) is 0.598. The minimum Gasteiger partial charge on any atom is -0.323 e. The minimum atomic E-state index is -0.394. The van der Waals surface area contributed by atoms with Crippen LogP contribution in [0.3, 0.4) is 0 Å². The van der Waals surface area contributed by atoms with E-state index in [-0.39, 0.29) is 16.1 Å². The second kappa shape index (κ2) is 5.77. The van der Waals surface area contributed by atoms with E-state index in [4.69, 9.17) is 5.84 Å². The van der Waals surface area contributed by atoms with E-state index in [0.717, 1.165) is 0 Å². The number of benzene rings is 1. The SMILES string of the molecule is NNc1ccc(C(=O)Nc2ccc(F)c(Br)c2)nc1. The van der Waals surface area contributed by atoms with Crippen molar-refractivity contribution < 1.29 is 9.18 Å². The normalized spacial score (nSPS) is 10.1. The number of rotatable bonds is 3. The van der Waals surface area contributed by atoms with Gasteiger partial charge in [0.2, 0.25) is 0 Å². The molecule has 0 bridgehead atoms. The number of carbonyl (C=O) groups is 1. The van der Waals surface area contributed by atoms with Gasteiger partial charge in [0.25, 0.3) is 5.91 Å². The lowest BCUT2D eigenvalue weighted by Crippen LogP contribution is -2.14. The maximum absolute atomic E-state index is 13.1. The summed E-state index contributed by atoms with van der Waals surface area (Å²) in [6.45, 7) is 0. The van der Waals surface area contributed by atoms with Crippen molar-refractivity contribution in [2.24, 2.45) is 5.84 Å². The molecule has 98 valence electrons. The Hall–Kier alpha value is -1.99. The predicted octanol–water partition coefficient (Wildman–Crippen LogP) is 2.52. The average Bonchev–Trinajstić information content (AvgIpc) is 2.43. The summed E-state index contributed by atoms with van der Waals surface area (Å²) in [6, 6.07) is 7.36. The fraction of sp³-hybridized carbons (Fsp3) is 0. The summed E-state index contributed by atoms with van der Waals surface area (Å²) in [5, 5.41) is 2.61. The highest BCUT2D eigenvalue weighted by molar-refractivity contribution is 9.10. The highest BCUT2D eigenvalue weighted by atomic mass is 79.9. The maximum atomic E-state index is 13.1. The molecule has 1 aromatic heterocycles. The van der Waals surface area contributed by atoms with Crippen LogP contribution in [-0.4, -0.2) is 10.9 Å². The first-order valence-electron chi connectivity index (χ1n) is 5.29. The Morgan fingerprint density at radius 2 is 2.00 bits per heavy atom. The van der Waals surface area contributed by atoms with Crippen LogP contribution in [-0.2, 0) is 0 Å². The summed E-state index contributed by atoms with van der Waals surface area (Å²) < 4.78 is 13.3. The Labute approximate surface area is 117 Å². The topological polar surface area (TPSA) is 80.0 Å². The molecule has 0 atom stereocenters. The lowest BCUT2D eigenvalue weighted by Gasteiger charge is -2.06. The monoisotopic (exact) mass is 324 g/mol. The van der Waals surface area contributed by atoms with Gasteiger partial charge in [-0.25, -0.2) is 9.37 Å². The number of hydrazine groups is 1. The zero-order valence-corrected chi connectivity index (χ0v) is 11.2. The van der Waals surface area contributed by atoms with Gasteiger partial charge in [0.05, 0.1) is 16.4 Å². The third-order valence-corrected chi connectivity index (χ3v) is 2.95. The van der Waals surface area contributed by atoms with Crippen LogP contribution in [0.2, 0.25) is 0 Å². The van der Waals surface area contributed by atoms with Gasteiger partial charge in [-0.15, -0.1) is 0 Å². The van der Waals surface area contributed by atoms with Crippen molar-refractivity contribution >= 4 is 33.2 Å². The van der Waals surface area contributed by atoms with E-state index in [0.29, 0.717) is 11.4 Å². The van der Waals surface area contributed by atoms with Gasteiger partial charge < -0.3 is 10.7 Å². The summed E-state index contributed by atoms with van der Waals surface area (Å²) in [5.74, 6) is 4.42. The number of aromatic nitrogens is 1. The minimum absolute atomic E-state index is 0.236. The van der Waals surface area contributed by atoms with Gasteiger partial charge in [-0.1, -0.05) is 0 Å². The zero-order valence-electron chi connectivity index (χ0n) is 9.65. The Morgan fingerprint density at radius 3 is 2.58 bits per heavy atom. The molecule has 0 saturated carbocycles. The molecule has 19 heavy (non-hydrogen) atoms. The van der Waals surface area contributed by atoms with E-state index in [2.05, 4.69) is 31.7 Å². The number of pyridine rings is 1. The summed E-state index contributed by atoms with van der Waals surface area (Å²) >= 11 is 3.05. The molecule has 4 N–H and O–H groups in total. The van der Waals surface area contributed by atoms with Crippen LogP contribution in [0, 0.1) is 5.82 Å². The molecule has 0 aliphatic rings. The maximum Gasteiger partial charge on any atom is 0.274 e. The van der Waals surface area contributed by atoms with E-state index in [1.807, 2.05) is 0 Å². The molecule has 1 amide bonds. The van der Waals surface area contributed by atoms with Crippen molar-refractivity contribution in [3.8, 4) is 0 Å². The summed E-state index contributed by atoms with van der Waals surface area (Å²) in [5.41, 5.74) is 3.72. The Kier molecular flexibility index (Phi) is 4.08. The number of nitrogen functional groups attached to an aromatic ring is 1. The van der Waals surface area contributed by atoms with Gasteiger partial charge in [0.1, 0.15) is 11.5 Å². The van der Waals surface area contributed by atoms with Gasteiger partial charge in [0, 0.05) is 5.69 Å². The summed E-state index contributed by atoms with van der Waals surface area (Å²) in [4.78, 5) is 15.8. The van der Waals surface area contributed by atoms with E-state index >= 15 is 0 Å².